The second-order valence-electron chi connectivity index (χ2n) is 7.82. The standard InChI is InChI=1S/C18H23NO3S/c20-19(21)16-1-3-17(4-2-16)23-22-6-5-18-10-13-7-14(11-18)9-15(8-13)12-18/h1-4,13-15H,5-12H2. The molecule has 4 nitrogen and oxygen atoms in total. The van der Waals surface area contributed by atoms with Gasteiger partial charge in [0.05, 0.1) is 11.5 Å². The van der Waals surface area contributed by atoms with Crippen LogP contribution in [0.3, 0.4) is 0 Å². The molecule has 1 aromatic rings. The Morgan fingerprint density at radius 2 is 1.65 bits per heavy atom. The Labute approximate surface area is 141 Å². The van der Waals surface area contributed by atoms with E-state index in [0.29, 0.717) is 5.41 Å². The predicted molar refractivity (Wildman–Crippen MR) is 90.1 cm³/mol. The second-order valence-corrected chi connectivity index (χ2v) is 8.70. The molecular weight excluding hydrogens is 310 g/mol. The molecule has 4 fully saturated rings. The number of hydrogen-bond acceptors (Lipinski definition) is 4. The second kappa shape index (κ2) is 6.10. The van der Waals surface area contributed by atoms with Crippen molar-refractivity contribution in [2.75, 3.05) is 6.61 Å². The molecule has 4 bridgehead atoms. The monoisotopic (exact) mass is 333 g/mol. The Morgan fingerprint density at radius 3 is 2.17 bits per heavy atom. The van der Waals surface area contributed by atoms with Crippen LogP contribution in [0, 0.1) is 33.3 Å². The molecule has 4 aliphatic rings. The first-order chi connectivity index (χ1) is 11.1. The minimum absolute atomic E-state index is 0.128. The molecule has 23 heavy (non-hydrogen) atoms. The van der Waals surface area contributed by atoms with E-state index >= 15 is 0 Å². The van der Waals surface area contributed by atoms with E-state index in [2.05, 4.69) is 0 Å². The van der Waals surface area contributed by atoms with Crippen LogP contribution in [0.25, 0.3) is 0 Å². The highest BCUT2D eigenvalue weighted by molar-refractivity contribution is 7.94. The lowest BCUT2D eigenvalue weighted by Crippen LogP contribution is -2.46. The highest BCUT2D eigenvalue weighted by atomic mass is 32.2. The van der Waals surface area contributed by atoms with Crippen LogP contribution in [0.2, 0.25) is 0 Å². The fourth-order valence-corrected chi connectivity index (χ4v) is 6.14. The van der Waals surface area contributed by atoms with Crippen LogP contribution >= 0.6 is 12.0 Å². The molecule has 0 amide bonds. The van der Waals surface area contributed by atoms with Gasteiger partial charge in [-0.05, 0) is 80.2 Å². The quantitative estimate of drug-likeness (QED) is 0.310. The third kappa shape index (κ3) is 3.26. The predicted octanol–water partition coefficient (Wildman–Crippen LogP) is 5.23. The molecule has 4 saturated carbocycles. The summed E-state index contributed by atoms with van der Waals surface area (Å²) in [6.45, 7) is 0.786. The van der Waals surface area contributed by atoms with Crippen LogP contribution in [0.15, 0.2) is 29.2 Å². The molecule has 0 saturated heterocycles. The third-order valence-corrected chi connectivity index (χ3v) is 6.83. The summed E-state index contributed by atoms with van der Waals surface area (Å²) in [5, 5.41) is 10.6. The van der Waals surface area contributed by atoms with Crippen molar-refractivity contribution in [1.29, 1.82) is 0 Å². The summed E-state index contributed by atoms with van der Waals surface area (Å²) < 4.78 is 5.81. The van der Waals surface area contributed by atoms with Gasteiger partial charge in [0, 0.05) is 29.1 Å². The van der Waals surface area contributed by atoms with Gasteiger partial charge in [0.25, 0.3) is 5.69 Å². The number of nitrogens with zero attached hydrogens (tertiary/aromatic N) is 1. The minimum Gasteiger partial charge on any atom is -0.310 e. The van der Waals surface area contributed by atoms with Gasteiger partial charge < -0.3 is 4.18 Å². The highest BCUT2D eigenvalue weighted by Crippen LogP contribution is 2.61. The summed E-state index contributed by atoms with van der Waals surface area (Å²) in [5.74, 6) is 2.97. The van der Waals surface area contributed by atoms with Crippen molar-refractivity contribution in [3.63, 3.8) is 0 Å². The SMILES string of the molecule is O=[N+]([O-])c1ccc(SOCCC23CC4CC(CC(C4)C2)C3)cc1. The molecule has 4 aliphatic carbocycles. The minimum atomic E-state index is -0.373. The summed E-state index contributed by atoms with van der Waals surface area (Å²) in [6.07, 6.45) is 9.89. The fraction of sp³-hybridized carbons (Fsp3) is 0.667. The van der Waals surface area contributed by atoms with Gasteiger partial charge in [-0.1, -0.05) is 0 Å². The van der Waals surface area contributed by atoms with Gasteiger partial charge in [0.1, 0.15) is 0 Å². The van der Waals surface area contributed by atoms with E-state index < -0.39 is 0 Å². The van der Waals surface area contributed by atoms with E-state index in [1.54, 1.807) is 12.1 Å². The Balaban J connectivity index is 1.27. The first-order valence-corrected chi connectivity index (χ1v) is 9.40. The Bertz CT molecular complexity index is 551. The topological polar surface area (TPSA) is 52.4 Å². The van der Waals surface area contributed by atoms with Crippen molar-refractivity contribution >= 4 is 17.7 Å². The summed E-state index contributed by atoms with van der Waals surface area (Å²) in [6, 6.07) is 6.58. The zero-order chi connectivity index (χ0) is 15.9. The number of benzene rings is 1. The molecule has 5 heteroatoms. The van der Waals surface area contributed by atoms with Crippen molar-refractivity contribution in [1.82, 2.24) is 0 Å². The molecule has 0 unspecified atom stereocenters. The number of non-ortho nitro benzene ring substituents is 1. The molecule has 0 atom stereocenters. The van der Waals surface area contributed by atoms with E-state index in [-0.39, 0.29) is 10.6 Å². The molecule has 5 rings (SSSR count). The van der Waals surface area contributed by atoms with Gasteiger partial charge >= 0.3 is 0 Å². The maximum atomic E-state index is 10.6. The van der Waals surface area contributed by atoms with Crippen LogP contribution in [0.5, 0.6) is 0 Å². The van der Waals surface area contributed by atoms with Crippen LogP contribution in [0.1, 0.15) is 44.9 Å². The van der Waals surface area contributed by atoms with Crippen LogP contribution in [-0.2, 0) is 4.18 Å². The summed E-state index contributed by atoms with van der Waals surface area (Å²) in [5.41, 5.74) is 0.688. The Kier molecular flexibility index (Phi) is 4.10. The fourth-order valence-electron chi connectivity index (χ4n) is 5.59. The number of rotatable bonds is 6. The van der Waals surface area contributed by atoms with Gasteiger partial charge in [-0.3, -0.25) is 10.1 Å². The van der Waals surface area contributed by atoms with E-state index in [0.717, 1.165) is 29.3 Å². The molecule has 0 heterocycles. The lowest BCUT2D eigenvalue weighted by atomic mass is 9.49. The van der Waals surface area contributed by atoms with Crippen molar-refractivity contribution in [3.8, 4) is 0 Å². The summed E-state index contributed by atoms with van der Waals surface area (Å²) in [4.78, 5) is 11.2. The van der Waals surface area contributed by atoms with Crippen molar-refractivity contribution < 1.29 is 9.11 Å². The first kappa shape index (κ1) is 15.5. The van der Waals surface area contributed by atoms with Crippen LogP contribution < -0.4 is 0 Å². The van der Waals surface area contributed by atoms with E-state index in [1.165, 1.54) is 69.1 Å². The van der Waals surface area contributed by atoms with Gasteiger partial charge in [-0.25, -0.2) is 0 Å². The summed E-state index contributed by atoms with van der Waals surface area (Å²) in [7, 11) is 0. The largest absolute Gasteiger partial charge is 0.310 e. The molecule has 1 aromatic carbocycles. The molecule has 0 spiro atoms. The van der Waals surface area contributed by atoms with E-state index in [1.807, 2.05) is 0 Å². The average molecular weight is 333 g/mol. The normalized spacial score (nSPS) is 34.7. The first-order valence-electron chi connectivity index (χ1n) is 8.66. The Hall–Kier alpha value is -1.07. The third-order valence-electron chi connectivity index (χ3n) is 6.08. The number of hydrogen-bond donors (Lipinski definition) is 0. The number of nitro benzene ring substituents is 1. The maximum Gasteiger partial charge on any atom is 0.269 e. The zero-order valence-corrected chi connectivity index (χ0v) is 14.1. The van der Waals surface area contributed by atoms with Gasteiger partial charge in [-0.2, -0.15) is 0 Å². The maximum absolute atomic E-state index is 10.6. The van der Waals surface area contributed by atoms with Crippen LogP contribution in [0.4, 0.5) is 5.69 Å². The lowest BCUT2D eigenvalue weighted by Gasteiger charge is -2.57. The van der Waals surface area contributed by atoms with Gasteiger partial charge in [-0.15, -0.1) is 0 Å². The van der Waals surface area contributed by atoms with E-state index in [4.69, 9.17) is 4.18 Å². The molecule has 0 N–H and O–H groups in total. The average Bonchev–Trinajstić information content (AvgIpc) is 2.51. The molecular formula is C18H23NO3S. The smallest absolute Gasteiger partial charge is 0.269 e. The van der Waals surface area contributed by atoms with Crippen LogP contribution in [-0.4, -0.2) is 11.5 Å². The molecule has 0 aromatic heterocycles. The molecule has 124 valence electrons. The Morgan fingerprint density at radius 1 is 1.09 bits per heavy atom. The lowest BCUT2D eigenvalue weighted by molar-refractivity contribution is -0.384. The number of nitro groups is 1. The highest BCUT2D eigenvalue weighted by Gasteiger charge is 2.50. The summed E-state index contributed by atoms with van der Waals surface area (Å²) >= 11 is 1.35. The van der Waals surface area contributed by atoms with Crippen molar-refractivity contribution in [3.05, 3.63) is 34.4 Å². The van der Waals surface area contributed by atoms with Gasteiger partial charge in [0.2, 0.25) is 0 Å². The zero-order valence-electron chi connectivity index (χ0n) is 13.3. The molecule has 0 aliphatic heterocycles. The molecule has 0 radical (unpaired) electrons. The van der Waals surface area contributed by atoms with Crippen molar-refractivity contribution in [2.45, 2.75) is 49.8 Å². The van der Waals surface area contributed by atoms with Crippen molar-refractivity contribution in [2.24, 2.45) is 23.2 Å². The van der Waals surface area contributed by atoms with E-state index in [9.17, 15) is 10.1 Å². The van der Waals surface area contributed by atoms with Gasteiger partial charge in [0.15, 0.2) is 0 Å².